The van der Waals surface area contributed by atoms with E-state index in [-0.39, 0.29) is 24.5 Å². The molecule has 38 heavy (non-hydrogen) atoms. The van der Waals surface area contributed by atoms with Crippen LogP contribution in [-0.4, -0.2) is 76.0 Å². The standard InChI is InChI=1S/C29H34N4O5/c34-26-11-10-24(27(35)30-26)33-17-23-22(29(33)37)2-1-3-25(23)38-18-20-6-4-19(5-7-20)16-31-12-14-32(15-13-31)28(36)21-8-9-21/h1-7,21,24,28,36H,8-18H2,(H,30,34,35). The predicted octanol–water partition coefficient (Wildman–Crippen LogP) is 1.87. The van der Waals surface area contributed by atoms with Crippen molar-refractivity contribution in [3.05, 3.63) is 64.7 Å². The van der Waals surface area contributed by atoms with Crippen molar-refractivity contribution in [2.45, 2.75) is 57.6 Å². The van der Waals surface area contributed by atoms with E-state index in [0.29, 0.717) is 36.8 Å². The first kappa shape index (κ1) is 25.0. The second-order valence-corrected chi connectivity index (χ2v) is 10.9. The molecule has 0 radical (unpaired) electrons. The minimum atomic E-state index is -0.640. The number of nitrogens with zero attached hydrogens (tertiary/aromatic N) is 3. The summed E-state index contributed by atoms with van der Waals surface area (Å²) in [4.78, 5) is 43.1. The molecule has 3 amide bonds. The van der Waals surface area contributed by atoms with Crippen LogP contribution in [0.4, 0.5) is 0 Å². The molecule has 2 saturated heterocycles. The molecule has 1 aliphatic carbocycles. The third-order valence-corrected chi connectivity index (χ3v) is 8.19. The Balaban J connectivity index is 1.03. The maximum absolute atomic E-state index is 13.0. The summed E-state index contributed by atoms with van der Waals surface area (Å²) >= 11 is 0. The fourth-order valence-corrected chi connectivity index (χ4v) is 5.73. The molecule has 9 heteroatoms. The van der Waals surface area contributed by atoms with E-state index >= 15 is 0 Å². The Morgan fingerprint density at radius 2 is 1.68 bits per heavy atom. The molecule has 1 saturated carbocycles. The Hall–Kier alpha value is -3.27. The maximum Gasteiger partial charge on any atom is 0.255 e. The van der Waals surface area contributed by atoms with Crippen molar-refractivity contribution in [3.8, 4) is 5.75 Å². The van der Waals surface area contributed by atoms with Gasteiger partial charge in [-0.2, -0.15) is 0 Å². The Bertz CT molecular complexity index is 1220. The predicted molar refractivity (Wildman–Crippen MR) is 139 cm³/mol. The second kappa shape index (κ2) is 10.5. The molecule has 9 nitrogen and oxygen atoms in total. The van der Waals surface area contributed by atoms with Gasteiger partial charge in [-0.15, -0.1) is 0 Å². The first-order valence-electron chi connectivity index (χ1n) is 13.6. The second-order valence-electron chi connectivity index (χ2n) is 10.9. The van der Waals surface area contributed by atoms with Crippen LogP contribution in [0.5, 0.6) is 5.75 Å². The molecule has 2 aromatic carbocycles. The van der Waals surface area contributed by atoms with E-state index in [2.05, 4.69) is 39.4 Å². The summed E-state index contributed by atoms with van der Waals surface area (Å²) in [6.07, 6.45) is 2.62. The van der Waals surface area contributed by atoms with Crippen LogP contribution >= 0.6 is 0 Å². The highest BCUT2D eigenvalue weighted by molar-refractivity contribution is 6.05. The quantitative estimate of drug-likeness (QED) is 0.515. The van der Waals surface area contributed by atoms with Crippen molar-refractivity contribution in [2.75, 3.05) is 26.2 Å². The van der Waals surface area contributed by atoms with Gasteiger partial charge in [0.05, 0.1) is 6.54 Å². The molecule has 2 atom stereocenters. The van der Waals surface area contributed by atoms with Crippen LogP contribution in [-0.2, 0) is 29.3 Å². The van der Waals surface area contributed by atoms with Gasteiger partial charge in [-0.05, 0) is 48.4 Å². The van der Waals surface area contributed by atoms with E-state index in [1.54, 1.807) is 17.0 Å². The van der Waals surface area contributed by atoms with Crippen LogP contribution in [0.2, 0.25) is 0 Å². The normalized spacial score (nSPS) is 23.3. The zero-order valence-corrected chi connectivity index (χ0v) is 21.5. The molecular weight excluding hydrogens is 484 g/mol. The first-order chi connectivity index (χ1) is 18.5. The van der Waals surface area contributed by atoms with Gasteiger partial charge in [-0.25, -0.2) is 0 Å². The number of aliphatic hydroxyl groups excluding tert-OH is 1. The van der Waals surface area contributed by atoms with Crippen LogP contribution in [0.1, 0.15) is 52.7 Å². The van der Waals surface area contributed by atoms with Crippen LogP contribution < -0.4 is 10.1 Å². The van der Waals surface area contributed by atoms with Gasteiger partial charge in [0.2, 0.25) is 11.8 Å². The van der Waals surface area contributed by atoms with Gasteiger partial charge >= 0.3 is 0 Å². The molecule has 3 fully saturated rings. The minimum Gasteiger partial charge on any atom is -0.489 e. The lowest BCUT2D eigenvalue weighted by atomic mass is 10.0. The smallest absolute Gasteiger partial charge is 0.255 e. The van der Waals surface area contributed by atoms with Gasteiger partial charge in [-0.3, -0.25) is 29.5 Å². The van der Waals surface area contributed by atoms with E-state index in [0.717, 1.165) is 56.7 Å². The molecule has 2 aromatic rings. The number of aliphatic hydroxyl groups is 1. The third kappa shape index (κ3) is 5.18. The third-order valence-electron chi connectivity index (χ3n) is 8.19. The van der Waals surface area contributed by atoms with Gasteiger partial charge in [0.15, 0.2) is 0 Å². The number of rotatable bonds is 8. The summed E-state index contributed by atoms with van der Waals surface area (Å²) in [6.45, 7) is 5.30. The van der Waals surface area contributed by atoms with Crippen LogP contribution in [0.25, 0.3) is 0 Å². The Morgan fingerprint density at radius 3 is 2.39 bits per heavy atom. The number of nitrogens with one attached hydrogen (secondary N) is 1. The lowest BCUT2D eigenvalue weighted by Crippen LogP contribution is -2.52. The molecule has 3 heterocycles. The number of piperazine rings is 1. The summed E-state index contributed by atoms with van der Waals surface area (Å²) in [7, 11) is 0. The van der Waals surface area contributed by atoms with Crippen molar-refractivity contribution in [3.63, 3.8) is 0 Å². The molecular formula is C29H34N4O5. The molecule has 4 aliphatic rings. The van der Waals surface area contributed by atoms with Crippen LogP contribution in [0.15, 0.2) is 42.5 Å². The van der Waals surface area contributed by atoms with E-state index in [9.17, 15) is 19.5 Å². The van der Waals surface area contributed by atoms with Crippen molar-refractivity contribution in [2.24, 2.45) is 5.92 Å². The van der Waals surface area contributed by atoms with Crippen molar-refractivity contribution in [1.82, 2.24) is 20.0 Å². The number of hydrogen-bond donors (Lipinski definition) is 2. The minimum absolute atomic E-state index is 0.202. The molecule has 0 spiro atoms. The summed E-state index contributed by atoms with van der Waals surface area (Å²) in [5.74, 6) is 0.214. The molecule has 0 aromatic heterocycles. The van der Waals surface area contributed by atoms with E-state index in [4.69, 9.17) is 4.74 Å². The Labute approximate surface area is 222 Å². The van der Waals surface area contributed by atoms with Gasteiger partial charge in [0.1, 0.15) is 24.6 Å². The van der Waals surface area contributed by atoms with Crippen LogP contribution in [0.3, 0.4) is 0 Å². The average Bonchev–Trinajstić information content (AvgIpc) is 3.72. The molecule has 6 rings (SSSR count). The molecule has 2 unspecified atom stereocenters. The topological polar surface area (TPSA) is 102 Å². The molecule has 200 valence electrons. The number of amides is 3. The van der Waals surface area contributed by atoms with Crippen LogP contribution in [0, 0.1) is 5.92 Å². The number of imide groups is 1. The largest absolute Gasteiger partial charge is 0.489 e. The highest BCUT2D eigenvalue weighted by Crippen LogP contribution is 2.35. The summed E-state index contributed by atoms with van der Waals surface area (Å²) in [5.41, 5.74) is 3.61. The number of carbonyl (C=O) groups is 3. The fraction of sp³-hybridized carbons (Fsp3) is 0.483. The van der Waals surface area contributed by atoms with Crippen molar-refractivity contribution in [1.29, 1.82) is 0 Å². The molecule has 0 bridgehead atoms. The number of carbonyl (C=O) groups excluding carboxylic acids is 3. The summed E-state index contributed by atoms with van der Waals surface area (Å²) in [5, 5.41) is 12.7. The van der Waals surface area contributed by atoms with Gasteiger partial charge in [0, 0.05) is 50.3 Å². The van der Waals surface area contributed by atoms with Gasteiger partial charge < -0.3 is 14.7 Å². The summed E-state index contributed by atoms with van der Waals surface area (Å²) < 4.78 is 6.14. The number of piperidine rings is 1. The fourth-order valence-electron chi connectivity index (χ4n) is 5.73. The molecule has 2 N–H and O–H groups in total. The average molecular weight is 519 g/mol. The van der Waals surface area contributed by atoms with Gasteiger partial charge in [0.25, 0.3) is 5.91 Å². The monoisotopic (exact) mass is 518 g/mol. The molecule has 3 aliphatic heterocycles. The zero-order valence-electron chi connectivity index (χ0n) is 21.5. The SMILES string of the molecule is O=C1CCC(N2Cc3c(OCc4ccc(CN5CCN(C(O)C6CC6)CC5)cc4)cccc3C2=O)C(=O)N1. The number of fused-ring (bicyclic) bond motifs is 1. The van der Waals surface area contributed by atoms with Crippen molar-refractivity contribution < 1.29 is 24.2 Å². The highest BCUT2D eigenvalue weighted by atomic mass is 16.5. The lowest BCUT2D eigenvalue weighted by molar-refractivity contribution is -0.136. The van der Waals surface area contributed by atoms with E-state index in [1.165, 1.54) is 5.56 Å². The van der Waals surface area contributed by atoms with E-state index in [1.807, 2.05) is 6.07 Å². The maximum atomic E-state index is 13.0. The highest BCUT2D eigenvalue weighted by Gasteiger charge is 2.40. The van der Waals surface area contributed by atoms with E-state index < -0.39 is 11.9 Å². The van der Waals surface area contributed by atoms with Crippen molar-refractivity contribution >= 4 is 17.7 Å². The Morgan fingerprint density at radius 1 is 0.947 bits per heavy atom. The summed E-state index contributed by atoms with van der Waals surface area (Å²) in [6, 6.07) is 13.2. The zero-order chi connectivity index (χ0) is 26.2. The number of hydrogen-bond acceptors (Lipinski definition) is 7. The number of ether oxygens (including phenoxy) is 1. The Kier molecular flexibility index (Phi) is 6.90. The number of benzene rings is 2. The lowest BCUT2D eigenvalue weighted by Gasteiger charge is -2.37. The van der Waals surface area contributed by atoms with Gasteiger partial charge in [-0.1, -0.05) is 30.3 Å². The first-order valence-corrected chi connectivity index (χ1v) is 13.6.